The maximum atomic E-state index is 13.0. The molecule has 0 saturated heterocycles. The van der Waals surface area contributed by atoms with Gasteiger partial charge in [0.25, 0.3) is 17.7 Å². The van der Waals surface area contributed by atoms with Crippen molar-refractivity contribution in [1.82, 2.24) is 9.80 Å². The van der Waals surface area contributed by atoms with Crippen molar-refractivity contribution in [3.05, 3.63) is 89.4 Å². The van der Waals surface area contributed by atoms with Crippen molar-refractivity contribution in [1.29, 1.82) is 0 Å². The number of hydrogen-bond donors (Lipinski definition) is 1. The van der Waals surface area contributed by atoms with Crippen molar-refractivity contribution in [2.45, 2.75) is 19.0 Å². The predicted octanol–water partition coefficient (Wildman–Crippen LogP) is 2.73. The number of rotatable bonds is 6. The van der Waals surface area contributed by atoms with Crippen LogP contribution in [0.4, 0.5) is 5.69 Å². The normalized spacial score (nSPS) is 14.6. The number of carbonyl (C=O) groups is 4. The molecule has 2 heterocycles. The topological polar surface area (TPSA) is 109 Å². The van der Waals surface area contributed by atoms with E-state index in [-0.39, 0.29) is 24.6 Å². The Hall–Kier alpha value is -4.40. The van der Waals surface area contributed by atoms with Crippen LogP contribution in [-0.4, -0.2) is 60.2 Å². The molecule has 0 unspecified atom stereocenters. The molecule has 0 bridgehead atoms. The van der Waals surface area contributed by atoms with E-state index in [4.69, 9.17) is 9.15 Å². The summed E-state index contributed by atoms with van der Waals surface area (Å²) in [5.74, 6) is -1.68. The first-order chi connectivity index (χ1) is 16.8. The van der Waals surface area contributed by atoms with Crippen LogP contribution in [0.3, 0.4) is 0 Å². The Balaban J connectivity index is 1.40. The zero-order chi connectivity index (χ0) is 24.9. The van der Waals surface area contributed by atoms with E-state index >= 15 is 0 Å². The summed E-state index contributed by atoms with van der Waals surface area (Å²) in [5.41, 5.74) is 2.82. The number of benzene rings is 2. The van der Waals surface area contributed by atoms with Crippen LogP contribution in [0.15, 0.2) is 71.3 Å². The molecule has 4 rings (SSSR count). The van der Waals surface area contributed by atoms with Crippen LogP contribution >= 0.6 is 0 Å². The molecule has 1 aliphatic rings. The van der Waals surface area contributed by atoms with Crippen molar-refractivity contribution < 1.29 is 28.3 Å². The van der Waals surface area contributed by atoms with Crippen LogP contribution < -0.4 is 5.32 Å². The minimum absolute atomic E-state index is 0.121. The fourth-order valence-electron chi connectivity index (χ4n) is 3.87. The summed E-state index contributed by atoms with van der Waals surface area (Å²) in [7, 11) is 3.31. The number of fused-ring (bicyclic) bond motifs is 1. The second-order valence-corrected chi connectivity index (χ2v) is 8.33. The standard InChI is InChI=1S/C26H25N3O6/c1-28(2)24(31)17-9-11-20(12-10-17)27-23(30)16-35-26(33)21-14-18-6-3-4-7-19(18)15-29(21)25(32)22-8-5-13-34-22/h3-13,21H,14-16H2,1-2H3,(H,27,30)/t21-/m0/s1. The Labute approximate surface area is 202 Å². The molecular weight excluding hydrogens is 450 g/mol. The van der Waals surface area contributed by atoms with Crippen molar-refractivity contribution in [2.75, 3.05) is 26.0 Å². The molecule has 0 saturated carbocycles. The van der Waals surface area contributed by atoms with Gasteiger partial charge in [-0.05, 0) is 47.5 Å². The average Bonchev–Trinajstić information content (AvgIpc) is 3.41. The third-order valence-electron chi connectivity index (χ3n) is 5.68. The van der Waals surface area contributed by atoms with Gasteiger partial charge in [-0.15, -0.1) is 0 Å². The molecule has 0 spiro atoms. The van der Waals surface area contributed by atoms with Crippen LogP contribution in [0.1, 0.15) is 32.0 Å². The van der Waals surface area contributed by atoms with E-state index in [2.05, 4.69) is 5.32 Å². The van der Waals surface area contributed by atoms with E-state index in [0.29, 0.717) is 11.3 Å². The summed E-state index contributed by atoms with van der Waals surface area (Å²) in [6.07, 6.45) is 1.66. The third kappa shape index (κ3) is 5.40. The molecule has 9 nitrogen and oxygen atoms in total. The van der Waals surface area contributed by atoms with E-state index < -0.39 is 30.4 Å². The average molecular weight is 476 g/mol. The van der Waals surface area contributed by atoms with Crippen molar-refractivity contribution in [3.8, 4) is 0 Å². The minimum Gasteiger partial charge on any atom is -0.459 e. The van der Waals surface area contributed by atoms with Gasteiger partial charge in [0, 0.05) is 38.3 Å². The molecule has 3 aromatic rings. The number of nitrogens with one attached hydrogen (secondary N) is 1. The monoisotopic (exact) mass is 475 g/mol. The molecular formula is C26H25N3O6. The molecule has 3 amide bonds. The summed E-state index contributed by atoms with van der Waals surface area (Å²) in [6.45, 7) is -0.294. The third-order valence-corrected chi connectivity index (χ3v) is 5.68. The largest absolute Gasteiger partial charge is 0.459 e. The van der Waals surface area contributed by atoms with Crippen molar-refractivity contribution >= 4 is 29.4 Å². The Morgan fingerprint density at radius 2 is 1.71 bits per heavy atom. The summed E-state index contributed by atoms with van der Waals surface area (Å²) in [6, 6.07) is 16.2. The van der Waals surface area contributed by atoms with Crippen LogP contribution in [0.5, 0.6) is 0 Å². The molecule has 2 aromatic carbocycles. The number of hydrogen-bond acceptors (Lipinski definition) is 6. The number of anilines is 1. The Morgan fingerprint density at radius 3 is 2.37 bits per heavy atom. The fourth-order valence-corrected chi connectivity index (χ4v) is 3.87. The van der Waals surface area contributed by atoms with E-state index in [1.165, 1.54) is 22.1 Å². The predicted molar refractivity (Wildman–Crippen MR) is 127 cm³/mol. The van der Waals surface area contributed by atoms with Gasteiger partial charge in [-0.25, -0.2) is 4.79 Å². The molecule has 9 heteroatoms. The maximum Gasteiger partial charge on any atom is 0.329 e. The number of carbonyl (C=O) groups excluding carboxylic acids is 4. The first-order valence-corrected chi connectivity index (χ1v) is 11.0. The lowest BCUT2D eigenvalue weighted by atomic mass is 9.93. The molecule has 1 aliphatic heterocycles. The van der Waals surface area contributed by atoms with Gasteiger partial charge < -0.3 is 24.3 Å². The molecule has 0 aliphatic carbocycles. The van der Waals surface area contributed by atoms with Crippen LogP contribution in [0, 0.1) is 0 Å². The Kier molecular flexibility index (Phi) is 6.96. The van der Waals surface area contributed by atoms with Gasteiger partial charge in [0.15, 0.2) is 12.4 Å². The number of furan rings is 1. The summed E-state index contributed by atoms with van der Waals surface area (Å²) in [5, 5.41) is 2.63. The van der Waals surface area contributed by atoms with Gasteiger partial charge in [0.2, 0.25) is 0 Å². The number of esters is 1. The highest BCUT2D eigenvalue weighted by Crippen LogP contribution is 2.26. The molecule has 0 fully saturated rings. The highest BCUT2D eigenvalue weighted by Gasteiger charge is 2.37. The Bertz CT molecular complexity index is 1230. The second-order valence-electron chi connectivity index (χ2n) is 8.33. The van der Waals surface area contributed by atoms with Gasteiger partial charge in [-0.2, -0.15) is 0 Å². The van der Waals surface area contributed by atoms with Crippen LogP contribution in [0.2, 0.25) is 0 Å². The highest BCUT2D eigenvalue weighted by atomic mass is 16.5. The van der Waals surface area contributed by atoms with E-state index in [0.717, 1.165) is 11.1 Å². The highest BCUT2D eigenvalue weighted by molar-refractivity contribution is 5.97. The molecule has 1 aromatic heterocycles. The molecule has 0 radical (unpaired) electrons. The first kappa shape index (κ1) is 23.7. The lowest BCUT2D eigenvalue weighted by Gasteiger charge is -2.34. The van der Waals surface area contributed by atoms with Gasteiger partial charge >= 0.3 is 5.97 Å². The second kappa shape index (κ2) is 10.3. The minimum atomic E-state index is -0.897. The van der Waals surface area contributed by atoms with Crippen LogP contribution in [-0.2, 0) is 27.3 Å². The molecule has 35 heavy (non-hydrogen) atoms. The van der Waals surface area contributed by atoms with Gasteiger partial charge in [0.05, 0.1) is 6.26 Å². The number of nitrogens with zero attached hydrogens (tertiary/aromatic N) is 2. The molecule has 1 N–H and O–H groups in total. The number of amides is 3. The zero-order valence-corrected chi connectivity index (χ0v) is 19.4. The smallest absolute Gasteiger partial charge is 0.329 e. The first-order valence-electron chi connectivity index (χ1n) is 11.0. The van der Waals surface area contributed by atoms with E-state index in [9.17, 15) is 19.2 Å². The van der Waals surface area contributed by atoms with Crippen molar-refractivity contribution in [3.63, 3.8) is 0 Å². The number of ether oxygens (including phenoxy) is 1. The van der Waals surface area contributed by atoms with Gasteiger partial charge in [-0.3, -0.25) is 14.4 Å². The zero-order valence-electron chi connectivity index (χ0n) is 19.4. The summed E-state index contributed by atoms with van der Waals surface area (Å²) < 4.78 is 10.5. The molecule has 180 valence electrons. The summed E-state index contributed by atoms with van der Waals surface area (Å²) >= 11 is 0. The van der Waals surface area contributed by atoms with Crippen LogP contribution in [0.25, 0.3) is 0 Å². The quantitative estimate of drug-likeness (QED) is 0.549. The summed E-state index contributed by atoms with van der Waals surface area (Å²) in [4.78, 5) is 53.2. The maximum absolute atomic E-state index is 13.0. The fraction of sp³-hybridized carbons (Fsp3) is 0.231. The Morgan fingerprint density at radius 1 is 1.00 bits per heavy atom. The van der Waals surface area contributed by atoms with Gasteiger partial charge in [-0.1, -0.05) is 24.3 Å². The SMILES string of the molecule is CN(C)C(=O)c1ccc(NC(=O)COC(=O)[C@@H]2Cc3ccccc3CN2C(=O)c2ccco2)cc1. The van der Waals surface area contributed by atoms with E-state index in [1.807, 2.05) is 24.3 Å². The van der Waals surface area contributed by atoms with E-state index in [1.54, 1.807) is 44.4 Å². The van der Waals surface area contributed by atoms with Gasteiger partial charge in [0.1, 0.15) is 6.04 Å². The lowest BCUT2D eigenvalue weighted by molar-refractivity contribution is -0.152. The molecule has 1 atom stereocenters. The lowest BCUT2D eigenvalue weighted by Crippen LogP contribution is -2.49. The van der Waals surface area contributed by atoms with Crippen molar-refractivity contribution in [2.24, 2.45) is 0 Å².